The van der Waals surface area contributed by atoms with E-state index in [1.807, 2.05) is 18.2 Å². The molecule has 3 aliphatic rings. The summed E-state index contributed by atoms with van der Waals surface area (Å²) in [5.74, 6) is 8.87. The molecule has 0 unspecified atom stereocenters. The van der Waals surface area contributed by atoms with Crippen molar-refractivity contribution in [3.8, 4) is 69.0 Å². The van der Waals surface area contributed by atoms with Gasteiger partial charge in [-0.25, -0.2) is 15.0 Å². The van der Waals surface area contributed by atoms with E-state index in [1.54, 1.807) is 0 Å². The highest BCUT2D eigenvalue weighted by atomic mass is 127. The van der Waals surface area contributed by atoms with Gasteiger partial charge >= 0.3 is 0 Å². The summed E-state index contributed by atoms with van der Waals surface area (Å²) in [6.45, 7) is 15.6. The number of nitrogen functional groups attached to an aromatic ring is 6. The van der Waals surface area contributed by atoms with Crippen LogP contribution in [0.3, 0.4) is 0 Å². The molecule has 3 aromatic carbocycles. The smallest absolute Gasteiger partial charge is 0.222 e. The predicted octanol–water partition coefficient (Wildman–Crippen LogP) is 9.79. The number of anilines is 6. The molecule has 0 fully saturated rings. The molecular weight excluding hydrogens is 1520 g/mol. The largest absolute Gasteiger partial charge is 0.486 e. The van der Waals surface area contributed by atoms with Gasteiger partial charge in [-0.3, -0.25) is 0 Å². The molecule has 6 aromatic rings. The van der Waals surface area contributed by atoms with Gasteiger partial charge in [-0.05, 0) is 97.7 Å². The molecular formula is C46H55I5N12O10. The summed E-state index contributed by atoms with van der Waals surface area (Å²) in [5, 5.41) is 0. The zero-order valence-electron chi connectivity index (χ0n) is 40.4. The van der Waals surface area contributed by atoms with Crippen LogP contribution in [0.2, 0.25) is 0 Å². The van der Waals surface area contributed by atoms with Crippen molar-refractivity contribution in [2.24, 2.45) is 0 Å². The second kappa shape index (κ2) is 27.3. The average molecular weight is 1570 g/mol. The summed E-state index contributed by atoms with van der Waals surface area (Å²) in [6.07, 6.45) is 4.40. The van der Waals surface area contributed by atoms with Crippen molar-refractivity contribution in [2.45, 2.75) is 59.3 Å². The molecule has 73 heavy (non-hydrogen) atoms. The van der Waals surface area contributed by atoms with Crippen LogP contribution in [0.25, 0.3) is 0 Å². The lowest BCUT2D eigenvalue weighted by Crippen LogP contribution is -2.19. The predicted molar refractivity (Wildman–Crippen MR) is 322 cm³/mol. The Morgan fingerprint density at radius 2 is 0.863 bits per heavy atom. The summed E-state index contributed by atoms with van der Waals surface area (Å²) in [4.78, 5) is 23.5. The van der Waals surface area contributed by atoms with E-state index in [1.165, 1.54) is 21.0 Å². The number of ether oxygens (including phenoxy) is 9. The first kappa shape index (κ1) is 59.4. The number of rotatable bonds is 9. The number of fused-ring (bicyclic) bond motifs is 3. The molecule has 0 amide bonds. The molecule has 27 heteroatoms. The van der Waals surface area contributed by atoms with Crippen molar-refractivity contribution >= 4 is 148 Å². The van der Waals surface area contributed by atoms with Gasteiger partial charge < -0.3 is 82.5 Å². The third-order valence-corrected chi connectivity index (χ3v) is 14.0. The summed E-state index contributed by atoms with van der Waals surface area (Å²) in [6, 6.07) is 5.55. The maximum atomic E-state index is 6.08. The standard InChI is InChI=1S/C15H16I2N4O3.C15H17IN4O3.C15H18N4O3.CH2I2.H2O/c1-6(2)8-11(24-7-5-20-15(19)21-14(7)18)9(16)10(17)13-12(8)22-3-4-23-13;1-7(2)11-12(23-10-6-19-15(18)20-14(10)17)8(16)5-9-13(11)22-4-3-21-9;1-8(2)12-9(3-4-10-13(12)21-6-5-20-10)22-11-7-18-15(17)19-14(11)16;2-1-3;/h5-6H,3-4H2,1-2H3,(H4,18,19,20,21);5-7H,3-4H2,1-2H3,(H4,17,18,19,20);3-4,7-8H,5-6H2,1-2H3,(H4,16,17,18,19);1H2;1H2. The molecule has 6 heterocycles. The van der Waals surface area contributed by atoms with Gasteiger partial charge in [0.25, 0.3) is 0 Å². The molecule has 0 aliphatic carbocycles. The van der Waals surface area contributed by atoms with Gasteiger partial charge in [0, 0.05) is 22.8 Å². The average Bonchev–Trinajstić information content (AvgIpc) is 3.33. The van der Waals surface area contributed by atoms with Crippen LogP contribution in [-0.2, 0) is 0 Å². The van der Waals surface area contributed by atoms with Crippen LogP contribution in [0.1, 0.15) is 76.0 Å². The molecule has 9 rings (SSSR count). The molecule has 3 aliphatic heterocycles. The van der Waals surface area contributed by atoms with Gasteiger partial charge in [0.1, 0.15) is 56.9 Å². The maximum Gasteiger partial charge on any atom is 0.222 e. The summed E-state index contributed by atoms with van der Waals surface area (Å²) in [5.41, 5.74) is 37.0. The molecule has 3 aromatic heterocycles. The van der Waals surface area contributed by atoms with Gasteiger partial charge in [0.2, 0.25) is 17.8 Å². The zero-order valence-corrected chi connectivity index (χ0v) is 51.1. The Balaban J connectivity index is 0.000000196. The maximum absolute atomic E-state index is 6.08. The van der Waals surface area contributed by atoms with Crippen LogP contribution in [0.15, 0.2) is 36.8 Å². The van der Waals surface area contributed by atoms with Crippen LogP contribution >= 0.6 is 113 Å². The third kappa shape index (κ3) is 14.7. The first-order valence-electron chi connectivity index (χ1n) is 22.0. The van der Waals surface area contributed by atoms with Crippen LogP contribution in [0.4, 0.5) is 35.3 Å². The van der Waals surface area contributed by atoms with Gasteiger partial charge in [0.05, 0.1) is 31.7 Å². The highest BCUT2D eigenvalue weighted by molar-refractivity contribution is 14.2. The fourth-order valence-corrected chi connectivity index (χ4v) is 9.12. The lowest BCUT2D eigenvalue weighted by Gasteiger charge is -2.27. The summed E-state index contributed by atoms with van der Waals surface area (Å²) in [7, 11) is 0. The second-order valence-corrected chi connectivity index (χ2v) is 23.9. The Morgan fingerprint density at radius 1 is 0.479 bits per heavy atom. The number of hydrogen-bond donors (Lipinski definition) is 6. The van der Waals surface area contributed by atoms with E-state index >= 15 is 0 Å². The van der Waals surface area contributed by atoms with Crippen molar-refractivity contribution in [1.82, 2.24) is 29.9 Å². The van der Waals surface area contributed by atoms with E-state index in [0.29, 0.717) is 79.9 Å². The minimum absolute atomic E-state index is 0. The quantitative estimate of drug-likeness (QED) is 0.0579. The first-order chi connectivity index (χ1) is 34.3. The number of aromatic nitrogens is 6. The van der Waals surface area contributed by atoms with Crippen molar-refractivity contribution in [2.75, 3.05) is 76.5 Å². The van der Waals surface area contributed by atoms with Crippen LogP contribution in [0, 0.1) is 10.7 Å². The van der Waals surface area contributed by atoms with Crippen molar-refractivity contribution < 1.29 is 48.1 Å². The molecule has 0 saturated heterocycles. The Hall–Kier alpha value is -4.49. The SMILES string of the molecule is CC(C)c1c(Oc2cnc(N)nc2N)c(I)c(I)c2c1OCCO2.CC(C)c1c(Oc2cnc(N)nc2N)c(I)cc2c1OCCO2.CC(C)c1c(Oc2cnc(N)nc2N)ccc2c1OCCO2.ICI.O. The Bertz CT molecular complexity index is 2890. The number of halogens is 5. The van der Waals surface area contributed by atoms with Crippen molar-refractivity contribution in [3.05, 3.63) is 64.2 Å². The number of benzene rings is 3. The number of hydrogen-bond acceptors (Lipinski definition) is 21. The lowest BCUT2D eigenvalue weighted by molar-refractivity contribution is 0.167. The molecule has 14 N–H and O–H groups in total. The molecule has 22 nitrogen and oxygen atoms in total. The monoisotopic (exact) mass is 1570 g/mol. The van der Waals surface area contributed by atoms with E-state index in [4.69, 9.17) is 77.0 Å². The number of nitrogens with zero attached hydrogens (tertiary/aromatic N) is 6. The van der Waals surface area contributed by atoms with E-state index < -0.39 is 0 Å². The van der Waals surface area contributed by atoms with Crippen molar-refractivity contribution in [1.29, 1.82) is 0 Å². The van der Waals surface area contributed by atoms with Gasteiger partial charge in [0.15, 0.2) is 69.2 Å². The summed E-state index contributed by atoms with van der Waals surface area (Å²) >= 11 is 11.2. The number of nitrogens with two attached hydrogens (primary N) is 6. The second-order valence-electron chi connectivity index (χ2n) is 16.2. The van der Waals surface area contributed by atoms with Crippen molar-refractivity contribution in [3.63, 3.8) is 0 Å². The number of alkyl halides is 2. The summed E-state index contributed by atoms with van der Waals surface area (Å²) < 4.78 is 56.5. The molecule has 0 bridgehead atoms. The zero-order chi connectivity index (χ0) is 52.4. The fourth-order valence-electron chi connectivity index (χ4n) is 7.14. The first-order valence-corrected chi connectivity index (χ1v) is 28.3. The van der Waals surface area contributed by atoms with Crippen LogP contribution in [-0.4, -0.2) is 77.5 Å². The fraction of sp³-hybridized carbons (Fsp3) is 0.348. The topological polar surface area (TPSA) is 348 Å². The van der Waals surface area contributed by atoms with E-state index in [2.05, 4.69) is 184 Å². The van der Waals surface area contributed by atoms with Crippen LogP contribution < -0.4 is 77.0 Å². The highest BCUT2D eigenvalue weighted by Crippen LogP contribution is 2.52. The van der Waals surface area contributed by atoms with Gasteiger partial charge in [-0.2, -0.15) is 15.0 Å². The van der Waals surface area contributed by atoms with E-state index in [9.17, 15) is 0 Å². The van der Waals surface area contributed by atoms with E-state index in [0.717, 1.165) is 56.1 Å². The van der Waals surface area contributed by atoms with Crippen LogP contribution in [0.5, 0.6) is 69.0 Å². The molecule has 0 radical (unpaired) electrons. The van der Waals surface area contributed by atoms with E-state index in [-0.39, 0.29) is 58.5 Å². The molecule has 0 atom stereocenters. The Kier molecular flexibility index (Phi) is 22.2. The Morgan fingerprint density at radius 3 is 1.33 bits per heavy atom. The van der Waals surface area contributed by atoms with Gasteiger partial charge in [-0.15, -0.1) is 0 Å². The molecule has 0 spiro atoms. The Labute approximate surface area is 490 Å². The normalized spacial score (nSPS) is 12.7. The minimum atomic E-state index is 0. The lowest BCUT2D eigenvalue weighted by atomic mass is 10.00. The minimum Gasteiger partial charge on any atom is -0.486 e. The third-order valence-electron chi connectivity index (χ3n) is 10.1. The highest BCUT2D eigenvalue weighted by Gasteiger charge is 2.31. The molecule has 394 valence electrons. The van der Waals surface area contributed by atoms with Gasteiger partial charge in [-0.1, -0.05) is 86.7 Å². The molecule has 0 saturated carbocycles.